The van der Waals surface area contributed by atoms with E-state index in [-0.39, 0.29) is 23.7 Å². The molecule has 0 N–H and O–H groups in total. The Morgan fingerprint density at radius 2 is 1.96 bits per heavy atom. The summed E-state index contributed by atoms with van der Waals surface area (Å²) in [6.45, 7) is -0.420. The number of hydrogen-bond donors (Lipinski definition) is 0. The van der Waals surface area contributed by atoms with Crippen LogP contribution < -0.4 is 9.64 Å². The molecule has 3 rings (SSSR count). The standard InChI is InChI=1S/C19H16ClNO5/c1-21-15-5-3-11(7-12(15)8-18(21)23)16(22)10-26-19(24)14-9-13(20)4-6-17(14)25-2/h3-7,9H,8,10H2,1-2H3. The van der Waals surface area contributed by atoms with Gasteiger partial charge in [-0.15, -0.1) is 0 Å². The number of esters is 1. The lowest BCUT2D eigenvalue weighted by Gasteiger charge is -2.11. The molecule has 0 fully saturated rings. The highest BCUT2D eigenvalue weighted by Gasteiger charge is 2.25. The van der Waals surface area contributed by atoms with E-state index in [2.05, 4.69) is 0 Å². The normalized spacial score (nSPS) is 12.7. The van der Waals surface area contributed by atoms with Crippen LogP contribution in [0.15, 0.2) is 36.4 Å². The molecule has 26 heavy (non-hydrogen) atoms. The number of benzene rings is 2. The van der Waals surface area contributed by atoms with Crippen LogP contribution in [0.5, 0.6) is 5.75 Å². The summed E-state index contributed by atoms with van der Waals surface area (Å²) in [5.41, 5.74) is 2.10. The first-order valence-electron chi connectivity index (χ1n) is 7.84. The van der Waals surface area contributed by atoms with E-state index in [1.54, 1.807) is 42.3 Å². The van der Waals surface area contributed by atoms with Crippen molar-refractivity contribution in [2.75, 3.05) is 25.7 Å². The average Bonchev–Trinajstić information content (AvgIpc) is 2.92. The number of nitrogens with zero attached hydrogens (tertiary/aromatic N) is 1. The molecule has 2 aromatic rings. The van der Waals surface area contributed by atoms with Crippen LogP contribution in [-0.4, -0.2) is 38.4 Å². The summed E-state index contributed by atoms with van der Waals surface area (Å²) < 4.78 is 10.2. The molecule has 0 aliphatic carbocycles. The number of hydrogen-bond acceptors (Lipinski definition) is 5. The molecule has 0 saturated carbocycles. The Kier molecular flexibility index (Phi) is 4.95. The minimum atomic E-state index is -0.700. The van der Waals surface area contributed by atoms with Crippen molar-refractivity contribution < 1.29 is 23.9 Å². The van der Waals surface area contributed by atoms with Crippen LogP contribution in [0.2, 0.25) is 5.02 Å². The highest BCUT2D eigenvalue weighted by atomic mass is 35.5. The molecular formula is C19H16ClNO5. The molecule has 0 saturated heterocycles. The Bertz CT molecular complexity index is 909. The SMILES string of the molecule is COc1ccc(Cl)cc1C(=O)OCC(=O)c1ccc2c(c1)CC(=O)N2C. The van der Waals surface area contributed by atoms with Gasteiger partial charge < -0.3 is 14.4 Å². The number of methoxy groups -OCH3 is 1. The number of amides is 1. The monoisotopic (exact) mass is 373 g/mol. The lowest BCUT2D eigenvalue weighted by Crippen LogP contribution is -2.20. The zero-order valence-electron chi connectivity index (χ0n) is 14.2. The maximum Gasteiger partial charge on any atom is 0.342 e. The molecule has 0 unspecified atom stereocenters. The summed E-state index contributed by atoms with van der Waals surface area (Å²) in [6.07, 6.45) is 0.256. The van der Waals surface area contributed by atoms with Crippen molar-refractivity contribution in [3.63, 3.8) is 0 Å². The summed E-state index contributed by atoms with van der Waals surface area (Å²) in [5, 5.41) is 0.358. The zero-order chi connectivity index (χ0) is 18.8. The van der Waals surface area contributed by atoms with Crippen LogP contribution in [0, 0.1) is 0 Å². The molecule has 0 aromatic heterocycles. The molecule has 0 bridgehead atoms. The Balaban J connectivity index is 1.70. The molecule has 6 nitrogen and oxygen atoms in total. The van der Waals surface area contributed by atoms with Crippen LogP contribution in [-0.2, 0) is 16.0 Å². The molecule has 7 heteroatoms. The number of fused-ring (bicyclic) bond motifs is 1. The number of halogens is 1. The highest BCUT2D eigenvalue weighted by molar-refractivity contribution is 6.31. The molecule has 1 aliphatic rings. The minimum absolute atomic E-state index is 0.0240. The van der Waals surface area contributed by atoms with Gasteiger partial charge in [0.2, 0.25) is 5.91 Å². The summed E-state index contributed by atoms with van der Waals surface area (Å²) in [5.74, 6) is -0.770. The Labute approximate surface area is 155 Å². The van der Waals surface area contributed by atoms with Gasteiger partial charge in [-0.3, -0.25) is 9.59 Å². The first-order valence-corrected chi connectivity index (χ1v) is 8.22. The Morgan fingerprint density at radius 3 is 2.69 bits per heavy atom. The second-order valence-electron chi connectivity index (χ2n) is 5.82. The van der Waals surface area contributed by atoms with Gasteiger partial charge in [-0.2, -0.15) is 0 Å². The summed E-state index contributed by atoms with van der Waals surface area (Å²) >= 11 is 5.89. The lowest BCUT2D eigenvalue weighted by molar-refractivity contribution is -0.117. The molecular weight excluding hydrogens is 358 g/mol. The van der Waals surface area contributed by atoms with Crippen LogP contribution in [0.4, 0.5) is 5.69 Å². The van der Waals surface area contributed by atoms with E-state index in [0.29, 0.717) is 16.3 Å². The zero-order valence-corrected chi connectivity index (χ0v) is 15.0. The van der Waals surface area contributed by atoms with Crippen LogP contribution in [0.1, 0.15) is 26.3 Å². The highest BCUT2D eigenvalue weighted by Crippen LogP contribution is 2.28. The minimum Gasteiger partial charge on any atom is -0.496 e. The predicted molar refractivity (Wildman–Crippen MR) is 96.2 cm³/mol. The molecule has 1 amide bonds. The van der Waals surface area contributed by atoms with Crippen molar-refractivity contribution in [3.8, 4) is 5.75 Å². The van der Waals surface area contributed by atoms with Gasteiger partial charge in [-0.25, -0.2) is 4.79 Å². The van der Waals surface area contributed by atoms with Gasteiger partial charge in [0.05, 0.1) is 13.5 Å². The van der Waals surface area contributed by atoms with Crippen molar-refractivity contribution in [2.45, 2.75) is 6.42 Å². The Morgan fingerprint density at radius 1 is 1.19 bits per heavy atom. The second kappa shape index (κ2) is 7.17. The number of carbonyl (C=O) groups is 3. The number of ketones is 1. The smallest absolute Gasteiger partial charge is 0.342 e. The lowest BCUT2D eigenvalue weighted by atomic mass is 10.1. The number of Topliss-reactive ketones (excluding diaryl/α,β-unsaturated/α-hetero) is 1. The molecule has 0 atom stereocenters. The third-order valence-electron chi connectivity index (χ3n) is 4.19. The first kappa shape index (κ1) is 17.9. The average molecular weight is 374 g/mol. The van der Waals surface area contributed by atoms with Gasteiger partial charge in [0.1, 0.15) is 11.3 Å². The second-order valence-corrected chi connectivity index (χ2v) is 6.25. The molecule has 0 spiro atoms. The van der Waals surface area contributed by atoms with Crippen LogP contribution in [0.25, 0.3) is 0 Å². The van der Waals surface area contributed by atoms with Gasteiger partial charge in [-0.1, -0.05) is 11.6 Å². The van der Waals surface area contributed by atoms with Crippen molar-refractivity contribution in [2.24, 2.45) is 0 Å². The van der Waals surface area contributed by atoms with E-state index in [1.165, 1.54) is 13.2 Å². The molecule has 1 aliphatic heterocycles. The van der Waals surface area contributed by atoms with Gasteiger partial charge in [0.15, 0.2) is 12.4 Å². The van der Waals surface area contributed by atoms with E-state index < -0.39 is 12.6 Å². The fourth-order valence-corrected chi connectivity index (χ4v) is 2.95. The first-order chi connectivity index (χ1) is 12.4. The maximum atomic E-state index is 12.3. The predicted octanol–water partition coefficient (Wildman–Crippen LogP) is 2.91. The largest absolute Gasteiger partial charge is 0.496 e. The summed E-state index contributed by atoms with van der Waals surface area (Å²) in [6, 6.07) is 9.55. The summed E-state index contributed by atoms with van der Waals surface area (Å²) in [7, 11) is 3.11. The molecule has 1 heterocycles. The van der Waals surface area contributed by atoms with Gasteiger partial charge in [0, 0.05) is 23.3 Å². The fourth-order valence-electron chi connectivity index (χ4n) is 2.78. The van der Waals surface area contributed by atoms with Crippen molar-refractivity contribution in [3.05, 3.63) is 58.1 Å². The molecule has 134 valence electrons. The third kappa shape index (κ3) is 3.41. The number of ether oxygens (including phenoxy) is 2. The van der Waals surface area contributed by atoms with Crippen LogP contribution in [0.3, 0.4) is 0 Å². The van der Waals surface area contributed by atoms with E-state index in [1.807, 2.05) is 0 Å². The van der Waals surface area contributed by atoms with E-state index in [9.17, 15) is 14.4 Å². The van der Waals surface area contributed by atoms with Gasteiger partial charge >= 0.3 is 5.97 Å². The third-order valence-corrected chi connectivity index (χ3v) is 4.43. The topological polar surface area (TPSA) is 72.9 Å². The van der Waals surface area contributed by atoms with E-state index >= 15 is 0 Å². The van der Waals surface area contributed by atoms with E-state index in [0.717, 1.165) is 11.3 Å². The van der Waals surface area contributed by atoms with Crippen molar-refractivity contribution in [1.29, 1.82) is 0 Å². The van der Waals surface area contributed by atoms with Crippen molar-refractivity contribution >= 4 is 34.9 Å². The molecule has 2 aromatic carbocycles. The molecule has 0 radical (unpaired) electrons. The maximum absolute atomic E-state index is 12.3. The Hall–Kier alpha value is -2.86. The fraction of sp³-hybridized carbons (Fsp3) is 0.211. The summed E-state index contributed by atoms with van der Waals surface area (Å²) in [4.78, 5) is 37.8. The van der Waals surface area contributed by atoms with Crippen LogP contribution >= 0.6 is 11.6 Å². The van der Waals surface area contributed by atoms with Gasteiger partial charge in [0.25, 0.3) is 0 Å². The quantitative estimate of drug-likeness (QED) is 0.595. The number of likely N-dealkylation sites (N-methyl/N-ethyl adjacent to an activating group) is 1. The van der Waals surface area contributed by atoms with Gasteiger partial charge in [-0.05, 0) is 42.0 Å². The number of carbonyl (C=O) groups excluding carboxylic acids is 3. The number of anilines is 1. The van der Waals surface area contributed by atoms with Crippen molar-refractivity contribution in [1.82, 2.24) is 0 Å². The number of rotatable bonds is 5. The van der Waals surface area contributed by atoms with E-state index in [4.69, 9.17) is 21.1 Å².